The van der Waals surface area contributed by atoms with Gasteiger partial charge in [0.25, 0.3) is 0 Å². The zero-order chi connectivity index (χ0) is 23.4. The third-order valence-electron chi connectivity index (χ3n) is 4.87. The molecule has 0 radical (unpaired) electrons. The molecular weight excluding hydrogens is 478 g/mol. The molecule has 2 aromatic heterocycles. The highest BCUT2D eigenvalue weighted by molar-refractivity contribution is 7.99. The Hall–Kier alpha value is -3.01. The smallest absolute Gasteiger partial charge is 0.236 e. The molecule has 0 spiro atoms. The fraction of sp³-hybridized carbons (Fsp3) is 0.174. The van der Waals surface area contributed by atoms with E-state index in [4.69, 9.17) is 16.3 Å². The molecule has 2 aromatic carbocycles. The second-order valence-corrected chi connectivity index (χ2v) is 9.36. The quantitative estimate of drug-likeness (QED) is 0.294. The number of rotatable bonds is 8. The molecule has 0 saturated carbocycles. The normalized spacial score (nSPS) is 10.8. The maximum atomic E-state index is 12.6. The first-order valence-corrected chi connectivity index (χ1v) is 12.3. The van der Waals surface area contributed by atoms with E-state index in [2.05, 4.69) is 20.7 Å². The number of aryl methyl sites for hydroxylation is 1. The highest BCUT2D eigenvalue weighted by Gasteiger charge is 2.15. The molecule has 0 aliphatic heterocycles. The SMILES string of the molecule is COc1ccc(Nn2c(SCC(=O)Nc3nc(-c4ccc(Cl)cc4)cs3)nc(C)c2C)cc1. The number of carbonyl (C=O) groups is 1. The number of carbonyl (C=O) groups excluding carboxylic acids is 1. The first kappa shape index (κ1) is 23.2. The van der Waals surface area contributed by atoms with Gasteiger partial charge in [0, 0.05) is 16.0 Å². The van der Waals surface area contributed by atoms with Crippen LogP contribution in [0.4, 0.5) is 10.8 Å². The summed E-state index contributed by atoms with van der Waals surface area (Å²) in [5.74, 6) is 0.842. The van der Waals surface area contributed by atoms with Crippen molar-refractivity contribution in [3.63, 3.8) is 0 Å². The van der Waals surface area contributed by atoms with E-state index >= 15 is 0 Å². The lowest BCUT2D eigenvalue weighted by atomic mass is 10.2. The molecule has 0 unspecified atom stereocenters. The number of thiazole rings is 1. The summed E-state index contributed by atoms with van der Waals surface area (Å²) in [4.78, 5) is 21.7. The number of halogens is 1. The van der Waals surface area contributed by atoms with Crippen LogP contribution in [0.5, 0.6) is 5.75 Å². The first-order chi connectivity index (χ1) is 15.9. The number of hydrogen-bond acceptors (Lipinski definition) is 7. The Labute approximate surface area is 205 Å². The van der Waals surface area contributed by atoms with E-state index in [1.807, 2.05) is 72.4 Å². The van der Waals surface area contributed by atoms with E-state index in [0.717, 1.165) is 34.1 Å². The number of ether oxygens (including phenoxy) is 1. The standard InChI is InChI=1S/C23H22ClN5O2S2/c1-14-15(2)29(28-18-8-10-19(31-3)11-9-18)23(25-14)33-13-21(30)27-22-26-20(12-32-22)16-4-6-17(24)7-5-16/h4-12,28H,13H2,1-3H3,(H,26,27,30). The third kappa shape index (κ3) is 5.68. The Kier molecular flexibility index (Phi) is 7.22. The van der Waals surface area contributed by atoms with Crippen LogP contribution >= 0.6 is 34.7 Å². The predicted octanol–water partition coefficient (Wildman–Crippen LogP) is 5.89. The van der Waals surface area contributed by atoms with Crippen LogP contribution in [0.3, 0.4) is 0 Å². The number of hydrogen-bond donors (Lipinski definition) is 2. The average molecular weight is 500 g/mol. The summed E-state index contributed by atoms with van der Waals surface area (Å²) in [6.07, 6.45) is 0. The molecule has 0 atom stereocenters. The number of thioether (sulfide) groups is 1. The van der Waals surface area contributed by atoms with Crippen molar-refractivity contribution in [1.29, 1.82) is 0 Å². The Morgan fingerprint density at radius 3 is 2.55 bits per heavy atom. The van der Waals surface area contributed by atoms with Crippen molar-refractivity contribution in [1.82, 2.24) is 14.6 Å². The summed E-state index contributed by atoms with van der Waals surface area (Å²) in [6.45, 7) is 3.93. The van der Waals surface area contributed by atoms with Crippen LogP contribution in [-0.4, -0.2) is 33.4 Å². The van der Waals surface area contributed by atoms with Gasteiger partial charge in [0.2, 0.25) is 5.91 Å². The van der Waals surface area contributed by atoms with Crippen molar-refractivity contribution in [2.75, 3.05) is 23.6 Å². The minimum Gasteiger partial charge on any atom is -0.497 e. The monoisotopic (exact) mass is 499 g/mol. The van der Waals surface area contributed by atoms with Crippen LogP contribution in [0.2, 0.25) is 5.02 Å². The number of aromatic nitrogens is 3. The molecule has 4 aromatic rings. The maximum absolute atomic E-state index is 12.6. The summed E-state index contributed by atoms with van der Waals surface area (Å²) in [5, 5.41) is 6.70. The molecule has 170 valence electrons. The molecule has 0 aliphatic carbocycles. The lowest BCUT2D eigenvalue weighted by molar-refractivity contribution is -0.113. The van der Waals surface area contributed by atoms with E-state index in [9.17, 15) is 4.79 Å². The highest BCUT2D eigenvalue weighted by atomic mass is 35.5. The number of amides is 1. The van der Waals surface area contributed by atoms with Crippen molar-refractivity contribution in [2.45, 2.75) is 19.0 Å². The second-order valence-electron chi connectivity index (χ2n) is 7.12. The molecule has 7 nitrogen and oxygen atoms in total. The van der Waals surface area contributed by atoms with E-state index < -0.39 is 0 Å². The zero-order valence-corrected chi connectivity index (χ0v) is 20.6. The number of anilines is 2. The predicted molar refractivity (Wildman–Crippen MR) is 136 cm³/mol. The van der Waals surface area contributed by atoms with Gasteiger partial charge in [0.15, 0.2) is 10.3 Å². The number of methoxy groups -OCH3 is 1. The van der Waals surface area contributed by atoms with Gasteiger partial charge in [-0.3, -0.25) is 10.2 Å². The van der Waals surface area contributed by atoms with Gasteiger partial charge in [-0.25, -0.2) is 14.6 Å². The molecule has 33 heavy (non-hydrogen) atoms. The molecule has 2 heterocycles. The van der Waals surface area contributed by atoms with Gasteiger partial charge in [-0.1, -0.05) is 35.5 Å². The van der Waals surface area contributed by atoms with Crippen molar-refractivity contribution >= 4 is 51.4 Å². The molecule has 0 bridgehead atoms. The van der Waals surface area contributed by atoms with Gasteiger partial charge in [-0.15, -0.1) is 11.3 Å². The number of nitrogens with one attached hydrogen (secondary N) is 2. The summed E-state index contributed by atoms with van der Waals surface area (Å²) < 4.78 is 7.10. The van der Waals surface area contributed by atoms with Crippen LogP contribution in [0.25, 0.3) is 11.3 Å². The van der Waals surface area contributed by atoms with Crippen LogP contribution in [-0.2, 0) is 4.79 Å². The lowest BCUT2D eigenvalue weighted by Gasteiger charge is -2.13. The fourth-order valence-corrected chi connectivity index (χ4v) is 4.68. The summed E-state index contributed by atoms with van der Waals surface area (Å²) in [6, 6.07) is 15.1. The van der Waals surface area contributed by atoms with E-state index in [0.29, 0.717) is 15.3 Å². The summed E-state index contributed by atoms with van der Waals surface area (Å²) in [5.41, 5.74) is 7.84. The van der Waals surface area contributed by atoms with Crippen molar-refractivity contribution in [3.8, 4) is 17.0 Å². The lowest BCUT2D eigenvalue weighted by Crippen LogP contribution is -2.16. The molecule has 1 amide bonds. The van der Waals surface area contributed by atoms with Crippen molar-refractivity contribution in [3.05, 3.63) is 70.3 Å². The third-order valence-corrected chi connectivity index (χ3v) is 6.82. The average Bonchev–Trinajstić information content (AvgIpc) is 3.38. The van der Waals surface area contributed by atoms with Crippen LogP contribution in [0.15, 0.2) is 59.1 Å². The largest absolute Gasteiger partial charge is 0.497 e. The minimum atomic E-state index is -0.147. The Bertz CT molecular complexity index is 1250. The Morgan fingerprint density at radius 2 is 1.85 bits per heavy atom. The van der Waals surface area contributed by atoms with Gasteiger partial charge < -0.3 is 10.1 Å². The minimum absolute atomic E-state index is 0.147. The van der Waals surface area contributed by atoms with E-state index in [1.54, 1.807) is 7.11 Å². The van der Waals surface area contributed by atoms with Crippen LogP contribution in [0, 0.1) is 13.8 Å². The molecule has 10 heteroatoms. The molecular formula is C23H22ClN5O2S2. The van der Waals surface area contributed by atoms with Gasteiger partial charge >= 0.3 is 0 Å². The van der Waals surface area contributed by atoms with Gasteiger partial charge in [-0.2, -0.15) is 0 Å². The number of nitrogens with zero attached hydrogens (tertiary/aromatic N) is 3. The Morgan fingerprint density at radius 1 is 1.12 bits per heavy atom. The van der Waals surface area contributed by atoms with E-state index in [1.165, 1.54) is 23.1 Å². The fourth-order valence-electron chi connectivity index (χ4n) is 2.97. The maximum Gasteiger partial charge on any atom is 0.236 e. The zero-order valence-electron chi connectivity index (χ0n) is 18.3. The van der Waals surface area contributed by atoms with Gasteiger partial charge in [-0.05, 0) is 50.2 Å². The summed E-state index contributed by atoms with van der Waals surface area (Å²) in [7, 11) is 1.63. The molecule has 0 saturated heterocycles. The van der Waals surface area contributed by atoms with E-state index in [-0.39, 0.29) is 11.7 Å². The van der Waals surface area contributed by atoms with Crippen LogP contribution in [0.1, 0.15) is 11.4 Å². The molecule has 0 aliphatic rings. The topological polar surface area (TPSA) is 81.1 Å². The van der Waals surface area contributed by atoms with Gasteiger partial charge in [0.05, 0.1) is 35.6 Å². The molecule has 2 N–H and O–H groups in total. The van der Waals surface area contributed by atoms with Crippen LogP contribution < -0.4 is 15.5 Å². The van der Waals surface area contributed by atoms with Gasteiger partial charge in [0.1, 0.15) is 5.75 Å². The van der Waals surface area contributed by atoms with Crippen molar-refractivity contribution < 1.29 is 9.53 Å². The molecule has 0 fully saturated rings. The number of benzene rings is 2. The second kappa shape index (κ2) is 10.3. The molecule has 4 rings (SSSR count). The Balaban J connectivity index is 1.39. The highest BCUT2D eigenvalue weighted by Crippen LogP contribution is 2.27. The summed E-state index contributed by atoms with van der Waals surface area (Å²) >= 11 is 8.69. The number of imidazole rings is 1. The van der Waals surface area contributed by atoms with Crippen molar-refractivity contribution in [2.24, 2.45) is 0 Å². The first-order valence-electron chi connectivity index (χ1n) is 10.0.